The lowest BCUT2D eigenvalue weighted by Crippen LogP contribution is -2.60. The second kappa shape index (κ2) is 11.1. The van der Waals surface area contributed by atoms with Crippen LogP contribution in [0.3, 0.4) is 0 Å². The van der Waals surface area contributed by atoms with E-state index < -0.39 is 0 Å². The van der Waals surface area contributed by atoms with Gasteiger partial charge >= 0.3 is 0 Å². The van der Waals surface area contributed by atoms with Gasteiger partial charge in [-0.3, -0.25) is 4.48 Å². The molecule has 0 saturated carbocycles. The summed E-state index contributed by atoms with van der Waals surface area (Å²) in [7, 11) is 0. The summed E-state index contributed by atoms with van der Waals surface area (Å²) in [5.41, 5.74) is 0. The summed E-state index contributed by atoms with van der Waals surface area (Å²) in [6.07, 6.45) is 4.82. The minimum atomic E-state index is 0.961. The van der Waals surface area contributed by atoms with Gasteiger partial charge in [-0.15, -0.1) is 0 Å². The molecule has 3 nitrogen and oxygen atoms in total. The first kappa shape index (κ1) is 19.4. The molecule has 0 saturated heterocycles. The van der Waals surface area contributed by atoms with E-state index in [1.165, 1.54) is 44.9 Å². The molecule has 0 aromatic heterocycles. The number of quaternary nitrogens is 1. The molecule has 0 atom stereocenters. The summed E-state index contributed by atoms with van der Waals surface area (Å²) in [4.78, 5) is 7.51. The predicted octanol–water partition coefficient (Wildman–Crippen LogP) is 4.14. The molecule has 120 valence electrons. The van der Waals surface area contributed by atoms with E-state index in [4.69, 9.17) is 4.99 Å². The van der Waals surface area contributed by atoms with Crippen LogP contribution in [0.2, 0.25) is 0 Å². The third-order valence-electron chi connectivity index (χ3n) is 3.90. The van der Waals surface area contributed by atoms with Crippen LogP contribution in [0.1, 0.15) is 67.2 Å². The minimum Gasteiger partial charge on any atom is -0.312 e. The molecule has 0 N–H and O–H groups in total. The lowest BCUT2D eigenvalue weighted by Gasteiger charge is -2.42. The summed E-state index contributed by atoms with van der Waals surface area (Å²) < 4.78 is 1.09. The van der Waals surface area contributed by atoms with Crippen LogP contribution >= 0.6 is 0 Å². The van der Waals surface area contributed by atoms with Crippen molar-refractivity contribution in [3.8, 4) is 0 Å². The number of guanidine groups is 1. The number of hydrogen-bond donors (Lipinski definition) is 0. The fraction of sp³-hybridized carbons (Fsp3) is 0.941. The average molecular weight is 285 g/mol. The second-order valence-electron chi connectivity index (χ2n) is 5.67. The Balaban J connectivity index is 5.55. The van der Waals surface area contributed by atoms with Gasteiger partial charge in [0.2, 0.25) is 0 Å². The van der Waals surface area contributed by atoms with Crippen molar-refractivity contribution in [2.24, 2.45) is 4.99 Å². The van der Waals surface area contributed by atoms with Crippen molar-refractivity contribution in [3.05, 3.63) is 0 Å². The van der Waals surface area contributed by atoms with Crippen LogP contribution in [0.4, 0.5) is 0 Å². The Morgan fingerprint density at radius 1 is 0.750 bits per heavy atom. The highest BCUT2D eigenvalue weighted by atomic mass is 15.5. The van der Waals surface area contributed by atoms with E-state index in [1.807, 2.05) is 0 Å². The molecule has 0 aromatic rings. The van der Waals surface area contributed by atoms with Crippen LogP contribution in [0.25, 0.3) is 0 Å². The highest BCUT2D eigenvalue weighted by Gasteiger charge is 2.35. The zero-order valence-electron chi connectivity index (χ0n) is 14.9. The smallest absolute Gasteiger partial charge is 0.300 e. The van der Waals surface area contributed by atoms with Gasteiger partial charge < -0.3 is 4.90 Å². The summed E-state index contributed by atoms with van der Waals surface area (Å²) in [5.74, 6) is 1.35. The molecule has 0 rings (SSSR count). The molecule has 0 aliphatic carbocycles. The van der Waals surface area contributed by atoms with Crippen LogP contribution < -0.4 is 0 Å². The number of nitrogens with zero attached hydrogens (tertiary/aromatic N) is 3. The van der Waals surface area contributed by atoms with E-state index in [0.29, 0.717) is 0 Å². The van der Waals surface area contributed by atoms with Gasteiger partial charge in [-0.25, -0.2) is 4.99 Å². The number of aliphatic imine (C=N–C) groups is 1. The standard InChI is InChI=1S/C17H38N3/c1-7-13-18-17(19(11-5)12-6)20(14-8-2,15-9-3)16-10-4/h7-16H2,1-6H3/q+1. The van der Waals surface area contributed by atoms with Crippen LogP contribution in [0.5, 0.6) is 0 Å². The SMILES string of the molecule is CCCN=C(N(CC)CC)[N+](CCC)(CCC)CCC. The molecule has 0 aliphatic heterocycles. The van der Waals surface area contributed by atoms with Crippen molar-refractivity contribution in [1.82, 2.24) is 4.90 Å². The monoisotopic (exact) mass is 284 g/mol. The van der Waals surface area contributed by atoms with E-state index in [1.54, 1.807) is 0 Å². The zero-order valence-corrected chi connectivity index (χ0v) is 14.9. The largest absolute Gasteiger partial charge is 0.312 e. The molecule has 0 radical (unpaired) electrons. The molecule has 0 aliphatic rings. The summed E-state index contributed by atoms with van der Waals surface area (Å²) in [6.45, 7) is 20.4. The molecule has 0 unspecified atom stereocenters. The Morgan fingerprint density at radius 3 is 1.50 bits per heavy atom. The molecule has 20 heavy (non-hydrogen) atoms. The number of rotatable bonds is 10. The van der Waals surface area contributed by atoms with E-state index in [-0.39, 0.29) is 0 Å². The summed E-state index contributed by atoms with van der Waals surface area (Å²) in [6, 6.07) is 0. The molecular formula is C17H38N3+. The van der Waals surface area contributed by atoms with E-state index in [9.17, 15) is 0 Å². The van der Waals surface area contributed by atoms with E-state index >= 15 is 0 Å². The van der Waals surface area contributed by atoms with Crippen molar-refractivity contribution in [2.45, 2.75) is 67.2 Å². The maximum absolute atomic E-state index is 5.03. The average Bonchev–Trinajstić information content (AvgIpc) is 2.44. The highest BCUT2D eigenvalue weighted by Crippen LogP contribution is 2.17. The second-order valence-corrected chi connectivity index (χ2v) is 5.67. The fourth-order valence-corrected chi connectivity index (χ4v) is 3.19. The quantitative estimate of drug-likeness (QED) is 0.334. The Hall–Kier alpha value is -0.570. The first-order chi connectivity index (χ1) is 9.65. The Kier molecular flexibility index (Phi) is 10.8. The molecule has 0 amide bonds. The Morgan fingerprint density at radius 2 is 1.20 bits per heavy atom. The first-order valence-electron chi connectivity index (χ1n) is 8.81. The normalized spacial score (nSPS) is 12.8. The molecule has 0 spiro atoms. The van der Waals surface area contributed by atoms with E-state index in [2.05, 4.69) is 46.4 Å². The van der Waals surface area contributed by atoms with Gasteiger partial charge in [-0.2, -0.15) is 0 Å². The van der Waals surface area contributed by atoms with Crippen molar-refractivity contribution < 1.29 is 4.48 Å². The lowest BCUT2D eigenvalue weighted by atomic mass is 10.2. The van der Waals surface area contributed by atoms with Crippen molar-refractivity contribution in [2.75, 3.05) is 39.3 Å². The van der Waals surface area contributed by atoms with Gasteiger partial charge in [0.1, 0.15) is 0 Å². The van der Waals surface area contributed by atoms with E-state index in [0.717, 1.165) is 30.5 Å². The topological polar surface area (TPSA) is 15.6 Å². The molecule has 0 aromatic carbocycles. The lowest BCUT2D eigenvalue weighted by molar-refractivity contribution is -0.847. The van der Waals surface area contributed by atoms with Crippen molar-refractivity contribution >= 4 is 5.96 Å². The maximum atomic E-state index is 5.03. The van der Waals surface area contributed by atoms with Crippen molar-refractivity contribution in [1.29, 1.82) is 0 Å². The van der Waals surface area contributed by atoms with Crippen LogP contribution in [0.15, 0.2) is 4.99 Å². The Labute approximate surface area is 127 Å². The van der Waals surface area contributed by atoms with Gasteiger partial charge in [-0.05, 0) is 39.5 Å². The van der Waals surface area contributed by atoms with Crippen molar-refractivity contribution in [3.63, 3.8) is 0 Å². The molecule has 0 bridgehead atoms. The van der Waals surface area contributed by atoms with Gasteiger partial charge in [0, 0.05) is 19.6 Å². The molecular weight excluding hydrogens is 246 g/mol. The third kappa shape index (κ3) is 5.43. The van der Waals surface area contributed by atoms with Gasteiger partial charge in [-0.1, -0.05) is 27.7 Å². The van der Waals surface area contributed by atoms with Crippen LogP contribution in [-0.4, -0.2) is 54.6 Å². The molecule has 3 heteroatoms. The van der Waals surface area contributed by atoms with Gasteiger partial charge in [0.25, 0.3) is 5.96 Å². The fourth-order valence-electron chi connectivity index (χ4n) is 3.19. The third-order valence-corrected chi connectivity index (χ3v) is 3.90. The Bertz CT molecular complexity index is 240. The summed E-state index contributed by atoms with van der Waals surface area (Å²) in [5, 5.41) is 0. The summed E-state index contributed by atoms with van der Waals surface area (Å²) >= 11 is 0. The maximum Gasteiger partial charge on any atom is 0.300 e. The first-order valence-corrected chi connectivity index (χ1v) is 8.81. The predicted molar refractivity (Wildman–Crippen MR) is 91.2 cm³/mol. The number of hydrogen-bond acceptors (Lipinski definition) is 1. The van der Waals surface area contributed by atoms with Gasteiger partial charge in [0.15, 0.2) is 0 Å². The van der Waals surface area contributed by atoms with Crippen LogP contribution in [-0.2, 0) is 0 Å². The minimum absolute atomic E-state index is 0.961. The molecule has 0 heterocycles. The zero-order chi connectivity index (χ0) is 15.4. The highest BCUT2D eigenvalue weighted by molar-refractivity contribution is 5.73. The van der Waals surface area contributed by atoms with Crippen LogP contribution in [0, 0.1) is 0 Å². The molecule has 0 fully saturated rings. The van der Waals surface area contributed by atoms with Gasteiger partial charge in [0.05, 0.1) is 19.6 Å².